The van der Waals surface area contributed by atoms with E-state index in [0.717, 1.165) is 17.3 Å². The van der Waals surface area contributed by atoms with Crippen LogP contribution in [0.4, 0.5) is 0 Å². The fourth-order valence-corrected chi connectivity index (χ4v) is 2.11. The van der Waals surface area contributed by atoms with Crippen molar-refractivity contribution in [2.24, 2.45) is 0 Å². The average molecular weight is 302 g/mol. The number of nitrogens with one attached hydrogen (secondary N) is 1. The van der Waals surface area contributed by atoms with E-state index in [0.29, 0.717) is 16.3 Å². The zero-order chi connectivity index (χ0) is 15.2. The van der Waals surface area contributed by atoms with E-state index in [4.69, 9.17) is 4.74 Å². The standard InChI is InChI=1S/C15H14N2O3S/c1-10(2)14(19)20-9-21-15-16-8-12(13(18)17-15)11-6-4-3-5-7-11/h3-8H,1,9H2,2H3,(H,16,17,18). The molecule has 0 unspecified atom stereocenters. The molecule has 6 heteroatoms. The van der Waals surface area contributed by atoms with Crippen molar-refractivity contribution in [1.29, 1.82) is 0 Å². The molecule has 1 aromatic carbocycles. The molecular weight excluding hydrogens is 288 g/mol. The van der Waals surface area contributed by atoms with Crippen LogP contribution in [-0.2, 0) is 9.53 Å². The van der Waals surface area contributed by atoms with Crippen LogP contribution in [-0.4, -0.2) is 21.9 Å². The van der Waals surface area contributed by atoms with E-state index < -0.39 is 5.97 Å². The molecule has 21 heavy (non-hydrogen) atoms. The quantitative estimate of drug-likeness (QED) is 0.302. The van der Waals surface area contributed by atoms with Crippen LogP contribution in [0.25, 0.3) is 11.1 Å². The van der Waals surface area contributed by atoms with Gasteiger partial charge in [-0.2, -0.15) is 0 Å². The summed E-state index contributed by atoms with van der Waals surface area (Å²) in [6, 6.07) is 9.27. The van der Waals surface area contributed by atoms with Crippen LogP contribution in [0.5, 0.6) is 0 Å². The number of thioether (sulfide) groups is 1. The molecule has 0 saturated heterocycles. The first-order chi connectivity index (χ1) is 10.1. The Morgan fingerprint density at radius 3 is 2.71 bits per heavy atom. The van der Waals surface area contributed by atoms with Gasteiger partial charge in [-0.15, -0.1) is 0 Å². The molecule has 5 nitrogen and oxygen atoms in total. The van der Waals surface area contributed by atoms with Gasteiger partial charge < -0.3 is 9.72 Å². The maximum Gasteiger partial charge on any atom is 0.333 e. The van der Waals surface area contributed by atoms with Crippen molar-refractivity contribution in [3.63, 3.8) is 0 Å². The minimum Gasteiger partial charge on any atom is -0.451 e. The highest BCUT2D eigenvalue weighted by Gasteiger charge is 2.07. The van der Waals surface area contributed by atoms with Crippen molar-refractivity contribution in [2.45, 2.75) is 12.1 Å². The summed E-state index contributed by atoms with van der Waals surface area (Å²) in [5.41, 5.74) is 1.40. The Bertz CT molecular complexity index is 710. The lowest BCUT2D eigenvalue weighted by Crippen LogP contribution is -2.11. The molecular formula is C15H14N2O3S. The molecule has 0 fully saturated rings. The fourth-order valence-electron chi connectivity index (χ4n) is 1.54. The summed E-state index contributed by atoms with van der Waals surface area (Å²) < 4.78 is 4.92. The third-order valence-electron chi connectivity index (χ3n) is 2.59. The smallest absolute Gasteiger partial charge is 0.333 e. The van der Waals surface area contributed by atoms with Gasteiger partial charge in [0.05, 0.1) is 5.56 Å². The Kier molecular flexibility index (Phi) is 4.94. The summed E-state index contributed by atoms with van der Waals surface area (Å²) in [6.45, 7) is 5.05. The summed E-state index contributed by atoms with van der Waals surface area (Å²) in [4.78, 5) is 30.0. The zero-order valence-electron chi connectivity index (χ0n) is 11.5. The number of rotatable bonds is 5. The topological polar surface area (TPSA) is 72.0 Å². The number of nitrogens with zero attached hydrogens (tertiary/aromatic N) is 1. The van der Waals surface area contributed by atoms with Crippen molar-refractivity contribution in [3.05, 3.63) is 59.0 Å². The van der Waals surface area contributed by atoms with Gasteiger partial charge in [-0.1, -0.05) is 36.9 Å². The first-order valence-corrected chi connectivity index (χ1v) is 7.16. The van der Waals surface area contributed by atoms with E-state index in [1.807, 2.05) is 30.3 Å². The van der Waals surface area contributed by atoms with Crippen molar-refractivity contribution < 1.29 is 9.53 Å². The van der Waals surface area contributed by atoms with Crippen molar-refractivity contribution >= 4 is 17.7 Å². The third kappa shape index (κ3) is 4.06. The minimum atomic E-state index is -0.467. The van der Waals surface area contributed by atoms with Gasteiger partial charge in [0.25, 0.3) is 5.56 Å². The highest BCUT2D eigenvalue weighted by Crippen LogP contribution is 2.16. The zero-order valence-corrected chi connectivity index (χ0v) is 12.3. The van der Waals surface area contributed by atoms with E-state index in [2.05, 4.69) is 16.5 Å². The molecule has 1 heterocycles. The molecule has 0 amide bonds. The molecule has 2 rings (SSSR count). The first kappa shape index (κ1) is 15.1. The SMILES string of the molecule is C=C(C)C(=O)OCSc1ncc(-c2ccccc2)c(=O)[nH]1. The second-order valence-corrected chi connectivity index (χ2v) is 5.18. The number of aromatic amines is 1. The van der Waals surface area contributed by atoms with E-state index >= 15 is 0 Å². The molecule has 0 spiro atoms. The Balaban J connectivity index is 2.05. The number of benzene rings is 1. The maximum atomic E-state index is 12.0. The van der Waals surface area contributed by atoms with Gasteiger partial charge in [-0.25, -0.2) is 9.78 Å². The largest absolute Gasteiger partial charge is 0.451 e. The Labute approximate surface area is 126 Å². The van der Waals surface area contributed by atoms with Crippen LogP contribution in [0.15, 0.2) is 58.6 Å². The van der Waals surface area contributed by atoms with E-state index in [9.17, 15) is 9.59 Å². The molecule has 2 aromatic rings. The number of hydrogen-bond acceptors (Lipinski definition) is 5. The summed E-state index contributed by atoms with van der Waals surface area (Å²) in [5.74, 6) is -0.398. The molecule has 0 aliphatic carbocycles. The molecule has 0 bridgehead atoms. The fraction of sp³-hybridized carbons (Fsp3) is 0.133. The van der Waals surface area contributed by atoms with Crippen molar-refractivity contribution in [3.8, 4) is 11.1 Å². The van der Waals surface area contributed by atoms with Crippen LogP contribution < -0.4 is 5.56 Å². The number of ether oxygens (including phenoxy) is 1. The Morgan fingerprint density at radius 2 is 2.10 bits per heavy atom. The lowest BCUT2D eigenvalue weighted by atomic mass is 10.1. The van der Waals surface area contributed by atoms with Crippen LogP contribution in [0.2, 0.25) is 0 Å². The van der Waals surface area contributed by atoms with Gasteiger partial charge in [0.1, 0.15) is 5.94 Å². The van der Waals surface area contributed by atoms with E-state index in [1.165, 1.54) is 6.20 Å². The molecule has 0 aliphatic heterocycles. The van der Waals surface area contributed by atoms with Gasteiger partial charge >= 0.3 is 5.97 Å². The molecule has 0 saturated carbocycles. The first-order valence-electron chi connectivity index (χ1n) is 6.18. The average Bonchev–Trinajstić information content (AvgIpc) is 2.48. The Morgan fingerprint density at radius 1 is 1.38 bits per heavy atom. The molecule has 0 atom stereocenters. The number of hydrogen-bond donors (Lipinski definition) is 1. The molecule has 1 aromatic heterocycles. The van der Waals surface area contributed by atoms with Crippen LogP contribution in [0.1, 0.15) is 6.92 Å². The highest BCUT2D eigenvalue weighted by molar-refractivity contribution is 7.99. The molecule has 1 N–H and O–H groups in total. The summed E-state index contributed by atoms with van der Waals surface area (Å²) in [7, 11) is 0. The van der Waals surface area contributed by atoms with Gasteiger partial charge in [-0.05, 0) is 24.2 Å². The monoisotopic (exact) mass is 302 g/mol. The molecule has 0 aliphatic rings. The molecule has 0 radical (unpaired) electrons. The summed E-state index contributed by atoms with van der Waals surface area (Å²) in [6.07, 6.45) is 1.51. The van der Waals surface area contributed by atoms with Crippen molar-refractivity contribution in [2.75, 3.05) is 5.94 Å². The van der Waals surface area contributed by atoms with Crippen LogP contribution in [0, 0.1) is 0 Å². The maximum absolute atomic E-state index is 12.0. The van der Waals surface area contributed by atoms with Gasteiger partial charge in [0.2, 0.25) is 0 Å². The number of carbonyl (C=O) groups is 1. The van der Waals surface area contributed by atoms with Gasteiger partial charge in [-0.3, -0.25) is 4.79 Å². The lowest BCUT2D eigenvalue weighted by molar-refractivity contribution is -0.136. The molecule has 108 valence electrons. The lowest BCUT2D eigenvalue weighted by Gasteiger charge is -2.04. The number of carbonyl (C=O) groups excluding carboxylic acids is 1. The van der Waals surface area contributed by atoms with E-state index in [-0.39, 0.29) is 11.5 Å². The Hall–Kier alpha value is -2.34. The summed E-state index contributed by atoms with van der Waals surface area (Å²) >= 11 is 1.13. The number of aromatic nitrogens is 2. The van der Waals surface area contributed by atoms with Gasteiger partial charge in [0.15, 0.2) is 5.16 Å². The van der Waals surface area contributed by atoms with Crippen LogP contribution >= 0.6 is 11.8 Å². The van der Waals surface area contributed by atoms with Gasteiger partial charge in [0, 0.05) is 11.8 Å². The second kappa shape index (κ2) is 6.90. The predicted octanol–water partition coefficient (Wildman–Crippen LogP) is 2.61. The van der Waals surface area contributed by atoms with Crippen LogP contribution in [0.3, 0.4) is 0 Å². The third-order valence-corrected chi connectivity index (χ3v) is 3.31. The highest BCUT2D eigenvalue weighted by atomic mass is 32.2. The summed E-state index contributed by atoms with van der Waals surface area (Å²) in [5, 5.41) is 0.397. The van der Waals surface area contributed by atoms with E-state index in [1.54, 1.807) is 6.92 Å². The minimum absolute atomic E-state index is 0.0688. The van der Waals surface area contributed by atoms with Crippen molar-refractivity contribution in [1.82, 2.24) is 9.97 Å². The normalized spacial score (nSPS) is 10.1. The number of esters is 1. The predicted molar refractivity (Wildman–Crippen MR) is 81.9 cm³/mol. The second-order valence-electron chi connectivity index (χ2n) is 4.27. The number of H-pyrrole nitrogens is 1.